The summed E-state index contributed by atoms with van der Waals surface area (Å²) in [6.07, 6.45) is 2.82. The van der Waals surface area contributed by atoms with Gasteiger partial charge >= 0.3 is 5.97 Å². The Kier molecular flexibility index (Phi) is 2.96. The van der Waals surface area contributed by atoms with Gasteiger partial charge in [0.1, 0.15) is 6.54 Å². The molecule has 0 saturated carbocycles. The third-order valence-corrected chi connectivity index (χ3v) is 2.57. The van der Waals surface area contributed by atoms with E-state index in [2.05, 4.69) is 20.4 Å². The SMILES string of the molecule is O=C(O)c1ccc(Cn2nnc(-c3ccco3)n2)nc1. The van der Waals surface area contributed by atoms with Gasteiger partial charge in [0, 0.05) is 6.20 Å². The maximum atomic E-state index is 10.7. The van der Waals surface area contributed by atoms with Crippen LogP contribution in [0.4, 0.5) is 0 Å². The zero-order valence-corrected chi connectivity index (χ0v) is 10.2. The first-order valence-electron chi connectivity index (χ1n) is 5.72. The summed E-state index contributed by atoms with van der Waals surface area (Å²) in [5, 5.41) is 20.7. The van der Waals surface area contributed by atoms with Crippen molar-refractivity contribution >= 4 is 5.97 Å². The second-order valence-electron chi connectivity index (χ2n) is 3.96. The molecule has 0 aliphatic rings. The van der Waals surface area contributed by atoms with Gasteiger partial charge in [-0.1, -0.05) is 0 Å². The first-order chi connectivity index (χ1) is 9.72. The van der Waals surface area contributed by atoms with Crippen LogP contribution in [0.1, 0.15) is 16.1 Å². The maximum Gasteiger partial charge on any atom is 0.337 e. The molecule has 0 bridgehead atoms. The van der Waals surface area contributed by atoms with Crippen LogP contribution in [0.5, 0.6) is 0 Å². The van der Waals surface area contributed by atoms with Crippen LogP contribution in [0.2, 0.25) is 0 Å². The quantitative estimate of drug-likeness (QED) is 0.756. The van der Waals surface area contributed by atoms with Gasteiger partial charge in [0.05, 0.1) is 17.5 Å². The molecule has 8 heteroatoms. The molecule has 0 radical (unpaired) electrons. The molecule has 0 amide bonds. The molecule has 0 aromatic carbocycles. The van der Waals surface area contributed by atoms with Crippen LogP contribution in [-0.2, 0) is 6.54 Å². The molecule has 0 unspecified atom stereocenters. The molecule has 0 saturated heterocycles. The number of carboxylic acid groups (broad SMARTS) is 1. The van der Waals surface area contributed by atoms with Gasteiger partial charge in [-0.05, 0) is 29.5 Å². The summed E-state index contributed by atoms with van der Waals surface area (Å²) in [6.45, 7) is 0.299. The zero-order chi connectivity index (χ0) is 13.9. The summed E-state index contributed by atoms with van der Waals surface area (Å²) in [6, 6.07) is 6.57. The summed E-state index contributed by atoms with van der Waals surface area (Å²) < 4.78 is 5.17. The number of carbonyl (C=O) groups is 1. The minimum Gasteiger partial charge on any atom is -0.478 e. The number of tetrazole rings is 1. The summed E-state index contributed by atoms with van der Waals surface area (Å²) in [5.41, 5.74) is 0.773. The lowest BCUT2D eigenvalue weighted by Gasteiger charge is -1.99. The Bertz CT molecular complexity index is 718. The van der Waals surface area contributed by atoms with Crippen molar-refractivity contribution in [2.75, 3.05) is 0 Å². The van der Waals surface area contributed by atoms with Gasteiger partial charge < -0.3 is 9.52 Å². The van der Waals surface area contributed by atoms with E-state index in [9.17, 15) is 4.79 Å². The van der Waals surface area contributed by atoms with E-state index in [0.717, 1.165) is 0 Å². The van der Waals surface area contributed by atoms with Gasteiger partial charge in [-0.25, -0.2) is 4.79 Å². The van der Waals surface area contributed by atoms with Gasteiger partial charge in [0.2, 0.25) is 5.82 Å². The first kappa shape index (κ1) is 12.0. The van der Waals surface area contributed by atoms with Crippen molar-refractivity contribution in [2.24, 2.45) is 0 Å². The number of pyridine rings is 1. The van der Waals surface area contributed by atoms with Crippen LogP contribution in [-0.4, -0.2) is 36.3 Å². The van der Waals surface area contributed by atoms with Crippen molar-refractivity contribution in [2.45, 2.75) is 6.54 Å². The van der Waals surface area contributed by atoms with Gasteiger partial charge in [0.25, 0.3) is 0 Å². The Labute approximate surface area is 112 Å². The molecule has 3 heterocycles. The lowest BCUT2D eigenvalue weighted by molar-refractivity contribution is 0.0696. The molecule has 1 N–H and O–H groups in total. The lowest BCUT2D eigenvalue weighted by atomic mass is 10.2. The number of hydrogen-bond donors (Lipinski definition) is 1. The molecule has 0 fully saturated rings. The third-order valence-electron chi connectivity index (χ3n) is 2.57. The van der Waals surface area contributed by atoms with Crippen LogP contribution in [0, 0.1) is 0 Å². The predicted octanol–water partition coefficient (Wildman–Crippen LogP) is 1.07. The van der Waals surface area contributed by atoms with Crippen LogP contribution in [0.15, 0.2) is 41.1 Å². The lowest BCUT2D eigenvalue weighted by Crippen LogP contribution is -2.06. The van der Waals surface area contributed by atoms with E-state index in [4.69, 9.17) is 9.52 Å². The second-order valence-corrected chi connectivity index (χ2v) is 3.96. The number of hydrogen-bond acceptors (Lipinski definition) is 6. The Morgan fingerprint density at radius 3 is 2.90 bits per heavy atom. The fraction of sp³-hybridized carbons (Fsp3) is 0.0833. The van der Waals surface area contributed by atoms with Crippen molar-refractivity contribution in [3.8, 4) is 11.6 Å². The monoisotopic (exact) mass is 271 g/mol. The Balaban J connectivity index is 1.76. The molecule has 3 aromatic heterocycles. The third kappa shape index (κ3) is 2.39. The second kappa shape index (κ2) is 4.92. The largest absolute Gasteiger partial charge is 0.478 e. The highest BCUT2D eigenvalue weighted by Gasteiger charge is 2.09. The highest BCUT2D eigenvalue weighted by Crippen LogP contribution is 2.13. The minimum absolute atomic E-state index is 0.136. The normalized spacial score (nSPS) is 10.6. The first-order valence-corrected chi connectivity index (χ1v) is 5.72. The summed E-state index contributed by atoms with van der Waals surface area (Å²) in [5.74, 6) is -0.0920. The molecule has 0 aliphatic heterocycles. The van der Waals surface area contributed by atoms with Crippen molar-refractivity contribution in [1.29, 1.82) is 0 Å². The smallest absolute Gasteiger partial charge is 0.337 e. The fourth-order valence-corrected chi connectivity index (χ4v) is 1.60. The maximum absolute atomic E-state index is 10.7. The molecule has 0 spiro atoms. The topological polar surface area (TPSA) is 107 Å². The van der Waals surface area contributed by atoms with Crippen LogP contribution in [0.25, 0.3) is 11.6 Å². The summed E-state index contributed by atoms with van der Waals surface area (Å²) in [7, 11) is 0. The Morgan fingerprint density at radius 2 is 2.25 bits per heavy atom. The highest BCUT2D eigenvalue weighted by molar-refractivity contribution is 5.87. The van der Waals surface area contributed by atoms with Gasteiger partial charge in [-0.2, -0.15) is 4.80 Å². The molecule has 3 aromatic rings. The fourth-order valence-electron chi connectivity index (χ4n) is 1.60. The van der Waals surface area contributed by atoms with E-state index in [-0.39, 0.29) is 5.56 Å². The molecule has 8 nitrogen and oxygen atoms in total. The molecule has 20 heavy (non-hydrogen) atoms. The molecular weight excluding hydrogens is 262 g/mol. The summed E-state index contributed by atoms with van der Waals surface area (Å²) >= 11 is 0. The molecule has 0 aliphatic carbocycles. The molecular formula is C12H9N5O3. The van der Waals surface area contributed by atoms with Crippen molar-refractivity contribution in [1.82, 2.24) is 25.2 Å². The van der Waals surface area contributed by atoms with Crippen molar-refractivity contribution < 1.29 is 14.3 Å². The van der Waals surface area contributed by atoms with E-state index >= 15 is 0 Å². The number of nitrogens with zero attached hydrogens (tertiary/aromatic N) is 5. The minimum atomic E-state index is -1.01. The van der Waals surface area contributed by atoms with E-state index in [0.29, 0.717) is 23.8 Å². The number of furan rings is 1. The number of aromatic carboxylic acids is 1. The van der Waals surface area contributed by atoms with Crippen molar-refractivity contribution in [3.05, 3.63) is 48.0 Å². The standard InChI is InChI=1S/C12H9N5O3/c18-12(19)8-3-4-9(13-6-8)7-17-15-11(14-16-17)10-2-1-5-20-10/h1-6H,7H2,(H,18,19). The predicted molar refractivity (Wildman–Crippen MR) is 65.8 cm³/mol. The van der Waals surface area contributed by atoms with Crippen molar-refractivity contribution in [3.63, 3.8) is 0 Å². The Morgan fingerprint density at radius 1 is 1.35 bits per heavy atom. The van der Waals surface area contributed by atoms with Gasteiger partial charge in [-0.15, -0.1) is 10.2 Å². The highest BCUT2D eigenvalue weighted by atomic mass is 16.4. The van der Waals surface area contributed by atoms with E-state index in [1.165, 1.54) is 23.3 Å². The van der Waals surface area contributed by atoms with Crippen LogP contribution in [0.3, 0.4) is 0 Å². The average Bonchev–Trinajstić information content (AvgIpc) is 3.09. The molecule has 0 atom stereocenters. The van der Waals surface area contributed by atoms with Crippen LogP contribution < -0.4 is 0 Å². The van der Waals surface area contributed by atoms with Gasteiger partial charge in [-0.3, -0.25) is 4.98 Å². The number of carboxylic acids is 1. The molecule has 100 valence electrons. The van der Waals surface area contributed by atoms with E-state index in [1.807, 2.05) is 0 Å². The van der Waals surface area contributed by atoms with Gasteiger partial charge in [0.15, 0.2) is 5.76 Å². The summed E-state index contributed by atoms with van der Waals surface area (Å²) in [4.78, 5) is 16.1. The molecule has 3 rings (SSSR count). The average molecular weight is 271 g/mol. The Hall–Kier alpha value is -3.03. The van der Waals surface area contributed by atoms with Crippen LogP contribution >= 0.6 is 0 Å². The van der Waals surface area contributed by atoms with E-state index in [1.54, 1.807) is 18.2 Å². The van der Waals surface area contributed by atoms with E-state index < -0.39 is 5.97 Å². The zero-order valence-electron chi connectivity index (χ0n) is 10.2. The number of rotatable bonds is 4. The number of aromatic nitrogens is 5.